The van der Waals surface area contributed by atoms with E-state index in [0.29, 0.717) is 0 Å². The molecule has 4 heteroatoms. The number of hydrogen-bond acceptors (Lipinski definition) is 3. The predicted octanol–water partition coefficient (Wildman–Crippen LogP) is 2.10. The van der Waals surface area contributed by atoms with Crippen molar-refractivity contribution >= 4 is 11.6 Å². The second-order valence-electron chi connectivity index (χ2n) is 5.71. The Hall–Kier alpha value is -1.55. The molecule has 3 atom stereocenters. The summed E-state index contributed by atoms with van der Waals surface area (Å²) in [6.07, 6.45) is 5.18. The van der Waals surface area contributed by atoms with Gasteiger partial charge < -0.3 is 15.4 Å². The van der Waals surface area contributed by atoms with Gasteiger partial charge in [0.2, 0.25) is 5.91 Å². The summed E-state index contributed by atoms with van der Waals surface area (Å²) in [6, 6.07) is 8.26. The molecule has 3 unspecified atom stereocenters. The van der Waals surface area contributed by atoms with Crippen molar-refractivity contribution in [1.82, 2.24) is 5.32 Å². The van der Waals surface area contributed by atoms with Crippen LogP contribution in [-0.4, -0.2) is 31.2 Å². The summed E-state index contributed by atoms with van der Waals surface area (Å²) >= 11 is 0. The Morgan fingerprint density at radius 2 is 2.15 bits per heavy atom. The maximum absolute atomic E-state index is 12.4. The number of fused-ring (bicyclic) bond motifs is 1. The third-order valence-corrected chi connectivity index (χ3v) is 4.45. The van der Waals surface area contributed by atoms with Crippen LogP contribution in [-0.2, 0) is 16.0 Å². The maximum atomic E-state index is 12.4. The normalized spacial score (nSPS) is 28.6. The molecule has 0 saturated heterocycles. The molecular weight excluding hydrogens is 252 g/mol. The maximum Gasteiger partial charge on any atom is 0.242 e. The van der Waals surface area contributed by atoms with Gasteiger partial charge in [0, 0.05) is 12.8 Å². The number of benzene rings is 1. The second kappa shape index (κ2) is 5.83. The molecule has 108 valence electrons. The molecule has 0 bridgehead atoms. The monoisotopic (exact) mass is 274 g/mol. The molecule has 3 rings (SSSR count). The van der Waals surface area contributed by atoms with Gasteiger partial charge >= 0.3 is 0 Å². The molecule has 2 aliphatic rings. The zero-order valence-corrected chi connectivity index (χ0v) is 11.9. The molecule has 0 spiro atoms. The molecule has 20 heavy (non-hydrogen) atoms. The third-order valence-electron chi connectivity index (χ3n) is 4.45. The van der Waals surface area contributed by atoms with Gasteiger partial charge in [0.05, 0.1) is 12.1 Å². The Morgan fingerprint density at radius 3 is 3.00 bits per heavy atom. The third kappa shape index (κ3) is 2.66. The van der Waals surface area contributed by atoms with Gasteiger partial charge in [0.15, 0.2) is 0 Å². The fourth-order valence-electron chi connectivity index (χ4n) is 3.29. The number of ether oxygens (including phenoxy) is 1. The largest absolute Gasteiger partial charge is 0.379 e. The first kappa shape index (κ1) is 13.4. The molecule has 0 radical (unpaired) electrons. The van der Waals surface area contributed by atoms with Crippen LogP contribution in [0.25, 0.3) is 0 Å². The lowest BCUT2D eigenvalue weighted by molar-refractivity contribution is -0.123. The van der Waals surface area contributed by atoms with E-state index in [1.807, 2.05) is 18.2 Å². The van der Waals surface area contributed by atoms with Crippen LogP contribution in [0.2, 0.25) is 0 Å². The number of aryl methyl sites for hydroxylation is 1. The second-order valence-corrected chi connectivity index (χ2v) is 5.71. The van der Waals surface area contributed by atoms with Crippen molar-refractivity contribution in [3.05, 3.63) is 29.8 Å². The SMILES string of the molecule is COC1CCCC1NC(=O)C1CCc2ccccc2N1. The van der Waals surface area contributed by atoms with E-state index in [9.17, 15) is 4.79 Å². The molecule has 2 N–H and O–H groups in total. The molecule has 1 saturated carbocycles. The zero-order valence-electron chi connectivity index (χ0n) is 11.9. The minimum absolute atomic E-state index is 0.105. The van der Waals surface area contributed by atoms with Gasteiger partial charge in [-0.2, -0.15) is 0 Å². The first-order valence-electron chi connectivity index (χ1n) is 7.45. The number of carbonyl (C=O) groups excluding carboxylic acids is 1. The molecule has 1 aliphatic heterocycles. The predicted molar refractivity (Wildman–Crippen MR) is 78.8 cm³/mol. The van der Waals surface area contributed by atoms with Crippen molar-refractivity contribution in [2.45, 2.75) is 50.3 Å². The first-order valence-corrected chi connectivity index (χ1v) is 7.45. The smallest absolute Gasteiger partial charge is 0.242 e. The Kier molecular flexibility index (Phi) is 3.92. The molecule has 4 nitrogen and oxygen atoms in total. The minimum atomic E-state index is -0.122. The summed E-state index contributed by atoms with van der Waals surface area (Å²) in [7, 11) is 1.73. The first-order chi connectivity index (χ1) is 9.78. The van der Waals surface area contributed by atoms with Gasteiger partial charge in [0.25, 0.3) is 0 Å². The fraction of sp³-hybridized carbons (Fsp3) is 0.562. The number of nitrogens with one attached hydrogen (secondary N) is 2. The summed E-state index contributed by atoms with van der Waals surface area (Å²) in [5, 5.41) is 6.50. The van der Waals surface area contributed by atoms with Crippen LogP contribution in [0.4, 0.5) is 5.69 Å². The van der Waals surface area contributed by atoms with E-state index in [1.54, 1.807) is 7.11 Å². The molecule has 1 fully saturated rings. The molecule has 1 aromatic carbocycles. The van der Waals surface area contributed by atoms with Crippen LogP contribution in [0, 0.1) is 0 Å². The van der Waals surface area contributed by atoms with Crippen molar-refractivity contribution in [2.75, 3.05) is 12.4 Å². The average molecular weight is 274 g/mol. The number of methoxy groups -OCH3 is 1. The summed E-state index contributed by atoms with van der Waals surface area (Å²) in [4.78, 5) is 12.4. The highest BCUT2D eigenvalue weighted by Crippen LogP contribution is 2.25. The van der Waals surface area contributed by atoms with Crippen molar-refractivity contribution in [3.63, 3.8) is 0 Å². The Morgan fingerprint density at radius 1 is 1.30 bits per heavy atom. The van der Waals surface area contributed by atoms with Gasteiger partial charge in [-0.25, -0.2) is 0 Å². The molecule has 0 aromatic heterocycles. The lowest BCUT2D eigenvalue weighted by atomic mass is 9.97. The van der Waals surface area contributed by atoms with Crippen LogP contribution in [0.5, 0.6) is 0 Å². The molecule has 1 aromatic rings. The van der Waals surface area contributed by atoms with Crippen molar-refractivity contribution in [1.29, 1.82) is 0 Å². The van der Waals surface area contributed by atoms with Crippen LogP contribution >= 0.6 is 0 Å². The number of para-hydroxylation sites is 1. The van der Waals surface area contributed by atoms with Gasteiger partial charge in [-0.3, -0.25) is 4.79 Å². The quantitative estimate of drug-likeness (QED) is 0.887. The minimum Gasteiger partial charge on any atom is -0.379 e. The van der Waals surface area contributed by atoms with E-state index >= 15 is 0 Å². The van der Waals surface area contributed by atoms with Crippen molar-refractivity contribution in [3.8, 4) is 0 Å². The summed E-state index contributed by atoms with van der Waals surface area (Å²) in [5.41, 5.74) is 2.39. The van der Waals surface area contributed by atoms with Crippen molar-refractivity contribution < 1.29 is 9.53 Å². The standard InChI is InChI=1S/C16H22N2O2/c1-20-15-8-4-7-13(15)18-16(19)14-10-9-11-5-2-3-6-12(11)17-14/h2-3,5-6,13-15,17H,4,7-10H2,1H3,(H,18,19). The Balaban J connectivity index is 1.61. The zero-order chi connectivity index (χ0) is 13.9. The van der Waals surface area contributed by atoms with Crippen LogP contribution in [0.3, 0.4) is 0 Å². The highest BCUT2D eigenvalue weighted by molar-refractivity contribution is 5.86. The van der Waals surface area contributed by atoms with Gasteiger partial charge in [0.1, 0.15) is 6.04 Å². The molecule has 1 aliphatic carbocycles. The fourth-order valence-corrected chi connectivity index (χ4v) is 3.29. The average Bonchev–Trinajstić information content (AvgIpc) is 2.94. The summed E-state index contributed by atoms with van der Waals surface area (Å²) in [5.74, 6) is 0.105. The number of hydrogen-bond donors (Lipinski definition) is 2. The van der Waals surface area contributed by atoms with Crippen LogP contribution in [0.15, 0.2) is 24.3 Å². The van der Waals surface area contributed by atoms with Crippen LogP contribution < -0.4 is 10.6 Å². The number of anilines is 1. The van der Waals surface area contributed by atoms with Gasteiger partial charge in [-0.1, -0.05) is 18.2 Å². The topological polar surface area (TPSA) is 50.4 Å². The molecular formula is C16H22N2O2. The van der Waals surface area contributed by atoms with E-state index in [1.165, 1.54) is 5.56 Å². The highest BCUT2D eigenvalue weighted by Gasteiger charge is 2.31. The van der Waals surface area contributed by atoms with Crippen molar-refractivity contribution in [2.24, 2.45) is 0 Å². The molecule has 1 heterocycles. The molecule has 1 amide bonds. The van der Waals surface area contributed by atoms with Crippen LogP contribution in [0.1, 0.15) is 31.2 Å². The summed E-state index contributed by atoms with van der Waals surface area (Å²) in [6.45, 7) is 0. The number of amides is 1. The lowest BCUT2D eigenvalue weighted by Crippen LogP contribution is -2.48. The number of carbonyl (C=O) groups is 1. The lowest BCUT2D eigenvalue weighted by Gasteiger charge is -2.28. The summed E-state index contributed by atoms with van der Waals surface area (Å²) < 4.78 is 5.43. The number of rotatable bonds is 3. The van der Waals surface area contributed by atoms with E-state index in [4.69, 9.17) is 4.74 Å². The van der Waals surface area contributed by atoms with Gasteiger partial charge in [-0.15, -0.1) is 0 Å². The van der Waals surface area contributed by atoms with E-state index in [2.05, 4.69) is 16.7 Å². The van der Waals surface area contributed by atoms with E-state index < -0.39 is 0 Å². The Bertz CT molecular complexity index is 489. The van der Waals surface area contributed by atoms with E-state index in [-0.39, 0.29) is 24.1 Å². The van der Waals surface area contributed by atoms with E-state index in [0.717, 1.165) is 37.8 Å². The van der Waals surface area contributed by atoms with Gasteiger partial charge in [-0.05, 0) is 43.7 Å². The highest BCUT2D eigenvalue weighted by atomic mass is 16.5. The Labute approximate surface area is 119 Å².